The first kappa shape index (κ1) is 18.5. The fraction of sp³-hybridized carbons (Fsp3) is 0.333. The van der Waals surface area contributed by atoms with Gasteiger partial charge in [-0.1, -0.05) is 0 Å². The summed E-state index contributed by atoms with van der Waals surface area (Å²) in [6, 6.07) is 7.26. The van der Waals surface area contributed by atoms with E-state index in [4.69, 9.17) is 14.2 Å². The molecule has 134 valence electrons. The minimum Gasteiger partial charge on any atom is -0.493 e. The standard InChI is InChI=1S/C18H23N3O4/c1-23-15-10-14(11-16(24-2)18(15)25-3)21-17(22)6-9-20-12-13-4-7-19-8-5-13/h4-5,7-8,10-11,20H,6,9,12H2,1-3H3,(H,21,22). The normalized spacial score (nSPS) is 10.2. The first-order chi connectivity index (χ1) is 12.2. The second-order valence-corrected chi connectivity index (χ2v) is 5.24. The molecule has 0 saturated heterocycles. The van der Waals surface area contributed by atoms with E-state index in [1.807, 2.05) is 12.1 Å². The Kier molecular flexibility index (Phi) is 7.03. The highest BCUT2D eigenvalue weighted by atomic mass is 16.5. The number of methoxy groups -OCH3 is 3. The Morgan fingerprint density at radius 1 is 1.04 bits per heavy atom. The zero-order valence-electron chi connectivity index (χ0n) is 14.7. The predicted octanol–water partition coefficient (Wildman–Crippen LogP) is 2.23. The summed E-state index contributed by atoms with van der Waals surface area (Å²) < 4.78 is 15.8. The lowest BCUT2D eigenvalue weighted by Crippen LogP contribution is -2.21. The minimum absolute atomic E-state index is 0.100. The van der Waals surface area contributed by atoms with E-state index < -0.39 is 0 Å². The third-order valence-corrected chi connectivity index (χ3v) is 3.56. The lowest BCUT2D eigenvalue weighted by atomic mass is 10.2. The molecule has 0 aliphatic carbocycles. The topological polar surface area (TPSA) is 81.7 Å². The summed E-state index contributed by atoms with van der Waals surface area (Å²) in [7, 11) is 4.60. The maximum Gasteiger partial charge on any atom is 0.225 e. The van der Waals surface area contributed by atoms with E-state index in [0.29, 0.717) is 42.4 Å². The fourth-order valence-electron chi connectivity index (χ4n) is 2.31. The van der Waals surface area contributed by atoms with Crippen LogP contribution in [0, 0.1) is 0 Å². The van der Waals surface area contributed by atoms with Crippen LogP contribution in [-0.4, -0.2) is 38.8 Å². The third-order valence-electron chi connectivity index (χ3n) is 3.56. The van der Waals surface area contributed by atoms with Crippen LogP contribution in [-0.2, 0) is 11.3 Å². The number of carbonyl (C=O) groups excluding carboxylic acids is 1. The van der Waals surface area contributed by atoms with Crippen LogP contribution in [0.25, 0.3) is 0 Å². The molecule has 0 aliphatic heterocycles. The van der Waals surface area contributed by atoms with Gasteiger partial charge in [-0.3, -0.25) is 9.78 Å². The van der Waals surface area contributed by atoms with E-state index in [0.717, 1.165) is 5.56 Å². The van der Waals surface area contributed by atoms with E-state index in [-0.39, 0.29) is 5.91 Å². The molecule has 25 heavy (non-hydrogen) atoms. The second kappa shape index (κ2) is 9.48. The van der Waals surface area contributed by atoms with Crippen molar-refractivity contribution in [3.05, 3.63) is 42.2 Å². The quantitative estimate of drug-likeness (QED) is 0.678. The van der Waals surface area contributed by atoms with Gasteiger partial charge < -0.3 is 24.8 Å². The highest BCUT2D eigenvalue weighted by Crippen LogP contribution is 2.39. The highest BCUT2D eigenvalue weighted by molar-refractivity contribution is 5.91. The zero-order valence-corrected chi connectivity index (χ0v) is 14.7. The molecule has 0 atom stereocenters. The van der Waals surface area contributed by atoms with Crippen molar-refractivity contribution >= 4 is 11.6 Å². The van der Waals surface area contributed by atoms with Gasteiger partial charge in [0.15, 0.2) is 11.5 Å². The van der Waals surface area contributed by atoms with Gasteiger partial charge in [-0.05, 0) is 17.7 Å². The van der Waals surface area contributed by atoms with Crippen molar-refractivity contribution in [1.82, 2.24) is 10.3 Å². The second-order valence-electron chi connectivity index (χ2n) is 5.24. The number of hydrogen-bond acceptors (Lipinski definition) is 6. The SMILES string of the molecule is COc1cc(NC(=O)CCNCc2ccncc2)cc(OC)c1OC. The van der Waals surface area contributed by atoms with Crippen LogP contribution in [0.15, 0.2) is 36.7 Å². The van der Waals surface area contributed by atoms with Gasteiger partial charge in [0.05, 0.1) is 21.3 Å². The lowest BCUT2D eigenvalue weighted by molar-refractivity contribution is -0.116. The van der Waals surface area contributed by atoms with E-state index in [2.05, 4.69) is 15.6 Å². The number of ether oxygens (including phenoxy) is 3. The molecule has 0 fully saturated rings. The summed E-state index contributed by atoms with van der Waals surface area (Å²) in [4.78, 5) is 16.1. The molecular weight excluding hydrogens is 322 g/mol. The summed E-state index contributed by atoms with van der Waals surface area (Å²) in [5, 5.41) is 6.06. The Morgan fingerprint density at radius 3 is 2.24 bits per heavy atom. The maximum absolute atomic E-state index is 12.1. The number of pyridine rings is 1. The Hall–Kier alpha value is -2.80. The van der Waals surface area contributed by atoms with Gasteiger partial charge in [-0.2, -0.15) is 0 Å². The number of aromatic nitrogens is 1. The van der Waals surface area contributed by atoms with Gasteiger partial charge in [0.25, 0.3) is 0 Å². The Labute approximate surface area is 147 Å². The molecule has 0 saturated carbocycles. The maximum atomic E-state index is 12.1. The largest absolute Gasteiger partial charge is 0.493 e. The van der Waals surface area contributed by atoms with E-state index in [9.17, 15) is 4.79 Å². The Bertz CT molecular complexity index is 667. The molecule has 0 spiro atoms. The smallest absolute Gasteiger partial charge is 0.225 e. The molecule has 1 aromatic carbocycles. The summed E-state index contributed by atoms with van der Waals surface area (Å²) >= 11 is 0. The first-order valence-corrected chi connectivity index (χ1v) is 7.87. The first-order valence-electron chi connectivity index (χ1n) is 7.87. The van der Waals surface area contributed by atoms with Gasteiger partial charge in [-0.25, -0.2) is 0 Å². The molecule has 0 aliphatic rings. The van der Waals surface area contributed by atoms with Crippen molar-refractivity contribution in [1.29, 1.82) is 0 Å². The molecule has 1 heterocycles. The van der Waals surface area contributed by atoms with Gasteiger partial charge in [-0.15, -0.1) is 0 Å². The molecule has 0 bridgehead atoms. The van der Waals surface area contributed by atoms with Crippen molar-refractivity contribution in [2.75, 3.05) is 33.2 Å². The van der Waals surface area contributed by atoms with Crippen molar-refractivity contribution in [2.45, 2.75) is 13.0 Å². The molecule has 2 N–H and O–H groups in total. The predicted molar refractivity (Wildman–Crippen MR) is 95.3 cm³/mol. The van der Waals surface area contributed by atoms with Crippen molar-refractivity contribution in [2.24, 2.45) is 0 Å². The number of benzene rings is 1. The summed E-state index contributed by atoms with van der Waals surface area (Å²) in [6.07, 6.45) is 3.84. The highest BCUT2D eigenvalue weighted by Gasteiger charge is 2.14. The third kappa shape index (κ3) is 5.36. The van der Waals surface area contributed by atoms with Crippen LogP contribution in [0.4, 0.5) is 5.69 Å². The summed E-state index contributed by atoms with van der Waals surface area (Å²) in [5.41, 5.74) is 1.72. The molecule has 7 nitrogen and oxygen atoms in total. The number of amides is 1. The fourth-order valence-corrected chi connectivity index (χ4v) is 2.31. The van der Waals surface area contributed by atoms with Crippen LogP contribution in [0.5, 0.6) is 17.2 Å². The molecule has 1 amide bonds. The molecular formula is C18H23N3O4. The number of nitrogens with zero attached hydrogens (tertiary/aromatic N) is 1. The Morgan fingerprint density at radius 2 is 1.68 bits per heavy atom. The van der Waals surface area contributed by atoms with Crippen molar-refractivity contribution in [3.8, 4) is 17.2 Å². The summed E-state index contributed by atoms with van der Waals surface area (Å²) in [6.45, 7) is 1.26. The van der Waals surface area contributed by atoms with Crippen LogP contribution in [0.1, 0.15) is 12.0 Å². The number of rotatable bonds is 9. The Balaban J connectivity index is 1.87. The number of carbonyl (C=O) groups is 1. The monoisotopic (exact) mass is 345 g/mol. The van der Waals surface area contributed by atoms with Gasteiger partial charge in [0, 0.05) is 49.7 Å². The van der Waals surface area contributed by atoms with Crippen LogP contribution in [0.3, 0.4) is 0 Å². The van der Waals surface area contributed by atoms with Crippen molar-refractivity contribution in [3.63, 3.8) is 0 Å². The van der Waals surface area contributed by atoms with Crippen LogP contribution in [0.2, 0.25) is 0 Å². The lowest BCUT2D eigenvalue weighted by Gasteiger charge is -2.14. The van der Waals surface area contributed by atoms with Gasteiger partial charge >= 0.3 is 0 Å². The molecule has 7 heteroatoms. The van der Waals surface area contributed by atoms with Gasteiger partial charge in [0.2, 0.25) is 11.7 Å². The van der Waals surface area contributed by atoms with Crippen LogP contribution >= 0.6 is 0 Å². The summed E-state index contributed by atoms with van der Waals surface area (Å²) in [5.74, 6) is 1.37. The number of anilines is 1. The number of hydrogen-bond donors (Lipinski definition) is 2. The van der Waals surface area contributed by atoms with E-state index in [1.54, 1.807) is 24.5 Å². The van der Waals surface area contributed by atoms with Gasteiger partial charge in [0.1, 0.15) is 0 Å². The van der Waals surface area contributed by atoms with E-state index >= 15 is 0 Å². The van der Waals surface area contributed by atoms with Crippen LogP contribution < -0.4 is 24.8 Å². The van der Waals surface area contributed by atoms with E-state index in [1.165, 1.54) is 21.3 Å². The minimum atomic E-state index is -0.100. The molecule has 2 rings (SSSR count). The molecule has 1 aromatic heterocycles. The molecule has 0 unspecified atom stereocenters. The zero-order chi connectivity index (χ0) is 18.1. The molecule has 2 aromatic rings. The average Bonchev–Trinajstić information content (AvgIpc) is 2.65. The van der Waals surface area contributed by atoms with Crippen molar-refractivity contribution < 1.29 is 19.0 Å². The molecule has 0 radical (unpaired) electrons. The number of nitrogens with one attached hydrogen (secondary N) is 2. The average molecular weight is 345 g/mol.